The Labute approximate surface area is 136 Å². The number of nitrogens with two attached hydrogens (primary N) is 1. The molecule has 0 amide bonds. The number of likely N-dealkylation sites (tertiary alicyclic amines) is 1. The minimum atomic E-state index is 0.612. The lowest BCUT2D eigenvalue weighted by atomic mass is 10.0. The summed E-state index contributed by atoms with van der Waals surface area (Å²) in [6, 6.07) is 11.4. The van der Waals surface area contributed by atoms with Gasteiger partial charge in [-0.15, -0.1) is 11.3 Å². The molecule has 1 unspecified atom stereocenters. The van der Waals surface area contributed by atoms with Crippen molar-refractivity contribution in [2.45, 2.75) is 32.0 Å². The number of rotatable bonds is 5. The Morgan fingerprint density at radius 2 is 2.18 bits per heavy atom. The first kappa shape index (κ1) is 15.5. The van der Waals surface area contributed by atoms with Crippen LogP contribution in [-0.2, 0) is 13.1 Å². The maximum absolute atomic E-state index is 5.72. The molecule has 2 aromatic rings. The summed E-state index contributed by atoms with van der Waals surface area (Å²) < 4.78 is 0. The number of nitrogens with zero attached hydrogens (tertiary/aromatic N) is 3. The van der Waals surface area contributed by atoms with E-state index in [0.29, 0.717) is 11.2 Å². The molecule has 1 fully saturated rings. The van der Waals surface area contributed by atoms with Crippen molar-refractivity contribution in [3.05, 3.63) is 47.0 Å². The van der Waals surface area contributed by atoms with E-state index in [9.17, 15) is 0 Å². The van der Waals surface area contributed by atoms with Gasteiger partial charge in [0.05, 0.1) is 0 Å². The second-order valence-corrected chi connectivity index (χ2v) is 7.24. The van der Waals surface area contributed by atoms with Crippen LogP contribution in [0.2, 0.25) is 0 Å². The number of anilines is 1. The molecule has 2 N–H and O–H groups in total. The summed E-state index contributed by atoms with van der Waals surface area (Å²) in [5.41, 5.74) is 7.13. The van der Waals surface area contributed by atoms with E-state index in [1.54, 1.807) is 11.3 Å². The summed E-state index contributed by atoms with van der Waals surface area (Å²) in [6.07, 6.45) is 4.45. The fourth-order valence-electron chi connectivity index (χ4n) is 3.15. The van der Waals surface area contributed by atoms with Gasteiger partial charge in [-0.05, 0) is 32.0 Å². The molecule has 4 nitrogen and oxygen atoms in total. The van der Waals surface area contributed by atoms with Crippen molar-refractivity contribution >= 4 is 16.5 Å². The van der Waals surface area contributed by atoms with Crippen molar-refractivity contribution in [3.63, 3.8) is 0 Å². The van der Waals surface area contributed by atoms with Gasteiger partial charge in [0.2, 0.25) is 0 Å². The minimum Gasteiger partial charge on any atom is -0.375 e. The van der Waals surface area contributed by atoms with Crippen molar-refractivity contribution in [1.82, 2.24) is 14.8 Å². The van der Waals surface area contributed by atoms with Gasteiger partial charge in [0, 0.05) is 36.8 Å². The Hall–Kier alpha value is -1.43. The van der Waals surface area contributed by atoms with Gasteiger partial charge >= 0.3 is 0 Å². The van der Waals surface area contributed by atoms with E-state index < -0.39 is 0 Å². The summed E-state index contributed by atoms with van der Waals surface area (Å²) in [5.74, 6) is 0. The fourth-order valence-corrected chi connectivity index (χ4v) is 3.89. The summed E-state index contributed by atoms with van der Waals surface area (Å²) in [4.78, 5) is 10.4. The monoisotopic (exact) mass is 316 g/mol. The zero-order valence-corrected chi connectivity index (χ0v) is 13.9. The summed E-state index contributed by atoms with van der Waals surface area (Å²) in [7, 11) is 2.21. The molecule has 1 saturated heterocycles. The van der Waals surface area contributed by atoms with E-state index in [-0.39, 0.29) is 0 Å². The lowest BCUT2D eigenvalue weighted by molar-refractivity contribution is 0.108. The van der Waals surface area contributed by atoms with Gasteiger partial charge in [-0.1, -0.05) is 30.3 Å². The maximum atomic E-state index is 5.72. The van der Waals surface area contributed by atoms with Gasteiger partial charge in [-0.25, -0.2) is 4.98 Å². The van der Waals surface area contributed by atoms with E-state index in [2.05, 4.69) is 52.2 Å². The van der Waals surface area contributed by atoms with Gasteiger partial charge in [0.1, 0.15) is 0 Å². The third-order valence-corrected chi connectivity index (χ3v) is 5.14. The minimum absolute atomic E-state index is 0.612. The van der Waals surface area contributed by atoms with Gasteiger partial charge in [0.25, 0.3) is 0 Å². The Kier molecular flexibility index (Phi) is 5.08. The quantitative estimate of drug-likeness (QED) is 0.921. The normalized spacial score (nSPS) is 19.6. The zero-order valence-electron chi connectivity index (χ0n) is 13.1. The maximum Gasteiger partial charge on any atom is 0.180 e. The van der Waals surface area contributed by atoms with E-state index in [1.165, 1.54) is 29.8 Å². The van der Waals surface area contributed by atoms with Crippen molar-refractivity contribution in [2.75, 3.05) is 25.9 Å². The van der Waals surface area contributed by atoms with Gasteiger partial charge in [-0.3, -0.25) is 9.80 Å². The lowest BCUT2D eigenvalue weighted by Crippen LogP contribution is -2.45. The Morgan fingerprint density at radius 1 is 1.36 bits per heavy atom. The molecule has 0 aliphatic carbocycles. The highest BCUT2D eigenvalue weighted by molar-refractivity contribution is 7.15. The van der Waals surface area contributed by atoms with Gasteiger partial charge < -0.3 is 5.73 Å². The Morgan fingerprint density at radius 3 is 2.91 bits per heavy atom. The number of hydrogen-bond acceptors (Lipinski definition) is 5. The number of nitrogen functional groups attached to an aromatic ring is 1. The van der Waals surface area contributed by atoms with Crippen LogP contribution in [0.15, 0.2) is 36.5 Å². The molecule has 0 bridgehead atoms. The first-order chi connectivity index (χ1) is 10.7. The third kappa shape index (κ3) is 4.06. The molecule has 5 heteroatoms. The summed E-state index contributed by atoms with van der Waals surface area (Å²) in [6.45, 7) is 4.34. The molecule has 0 spiro atoms. The highest BCUT2D eigenvalue weighted by atomic mass is 32.1. The number of aromatic nitrogens is 1. The fraction of sp³-hybridized carbons (Fsp3) is 0.471. The standard InChI is InChI=1S/C17H24N4S/c1-20(13-16-10-19-17(18)22-16)15-8-5-9-21(12-15)11-14-6-3-2-4-7-14/h2-4,6-7,10,15H,5,8-9,11-13H2,1H3,(H2,18,19). The highest BCUT2D eigenvalue weighted by Gasteiger charge is 2.23. The van der Waals surface area contributed by atoms with Crippen LogP contribution >= 0.6 is 11.3 Å². The predicted molar refractivity (Wildman–Crippen MR) is 92.7 cm³/mol. The second-order valence-electron chi connectivity index (χ2n) is 6.10. The third-order valence-electron chi connectivity index (χ3n) is 4.33. The van der Waals surface area contributed by atoms with E-state index in [0.717, 1.165) is 19.6 Å². The summed E-state index contributed by atoms with van der Waals surface area (Å²) >= 11 is 1.59. The van der Waals surface area contributed by atoms with Crippen molar-refractivity contribution < 1.29 is 0 Å². The first-order valence-corrected chi connectivity index (χ1v) is 8.69. The number of piperidine rings is 1. The largest absolute Gasteiger partial charge is 0.375 e. The zero-order chi connectivity index (χ0) is 15.4. The summed E-state index contributed by atoms with van der Waals surface area (Å²) in [5, 5.41) is 0.665. The molecule has 1 atom stereocenters. The van der Waals surface area contributed by atoms with Gasteiger partial charge in [-0.2, -0.15) is 0 Å². The van der Waals surface area contributed by atoms with Crippen molar-refractivity contribution in [2.24, 2.45) is 0 Å². The highest BCUT2D eigenvalue weighted by Crippen LogP contribution is 2.21. The molecule has 3 rings (SSSR count). The smallest absolute Gasteiger partial charge is 0.180 e. The van der Waals surface area contributed by atoms with Crippen LogP contribution < -0.4 is 5.73 Å². The topological polar surface area (TPSA) is 45.4 Å². The molecule has 118 valence electrons. The van der Waals surface area contributed by atoms with Crippen LogP contribution in [-0.4, -0.2) is 41.0 Å². The lowest BCUT2D eigenvalue weighted by Gasteiger charge is -2.37. The predicted octanol–water partition coefficient (Wildman–Crippen LogP) is 2.82. The van der Waals surface area contributed by atoms with Crippen LogP contribution in [0.1, 0.15) is 23.3 Å². The molecular weight excluding hydrogens is 292 g/mol. The van der Waals surface area contributed by atoms with E-state index in [4.69, 9.17) is 5.73 Å². The number of benzene rings is 1. The molecule has 1 aromatic heterocycles. The van der Waals surface area contributed by atoms with Crippen LogP contribution in [0.5, 0.6) is 0 Å². The van der Waals surface area contributed by atoms with Crippen LogP contribution in [0.4, 0.5) is 5.13 Å². The molecule has 1 aliphatic heterocycles. The van der Waals surface area contributed by atoms with Crippen molar-refractivity contribution in [1.29, 1.82) is 0 Å². The van der Waals surface area contributed by atoms with Crippen molar-refractivity contribution in [3.8, 4) is 0 Å². The van der Waals surface area contributed by atoms with Crippen LogP contribution in [0.3, 0.4) is 0 Å². The molecular formula is C17H24N4S. The SMILES string of the molecule is CN(Cc1cnc(N)s1)C1CCCN(Cc2ccccc2)C1. The number of hydrogen-bond donors (Lipinski definition) is 1. The van der Waals surface area contributed by atoms with Gasteiger partial charge in [0.15, 0.2) is 5.13 Å². The average molecular weight is 316 g/mol. The van der Waals surface area contributed by atoms with Crippen LogP contribution in [0.25, 0.3) is 0 Å². The Balaban J connectivity index is 1.55. The number of likely N-dealkylation sites (N-methyl/N-ethyl adjacent to an activating group) is 1. The molecule has 1 aromatic carbocycles. The molecule has 0 radical (unpaired) electrons. The van der Waals surface area contributed by atoms with Crippen LogP contribution in [0, 0.1) is 0 Å². The molecule has 0 saturated carbocycles. The molecule has 2 heterocycles. The first-order valence-electron chi connectivity index (χ1n) is 7.87. The van der Waals surface area contributed by atoms with E-state index in [1.807, 2.05) is 6.20 Å². The number of thiazole rings is 1. The van der Waals surface area contributed by atoms with E-state index >= 15 is 0 Å². The molecule has 1 aliphatic rings. The Bertz CT molecular complexity index is 583. The molecule has 22 heavy (non-hydrogen) atoms. The average Bonchev–Trinajstić information content (AvgIpc) is 2.93. The second kappa shape index (κ2) is 7.22.